The molecule has 0 atom stereocenters. The minimum Gasteiger partial charge on any atom is -0.494 e. The molecule has 1 N–H and O–H groups in total. The summed E-state index contributed by atoms with van der Waals surface area (Å²) in [6, 6.07) is 11.1. The lowest BCUT2D eigenvalue weighted by Gasteiger charge is -2.06. The highest BCUT2D eigenvalue weighted by molar-refractivity contribution is 6.01. The van der Waals surface area contributed by atoms with E-state index >= 15 is 0 Å². The molecule has 0 spiro atoms. The zero-order chi connectivity index (χ0) is 18.5. The van der Waals surface area contributed by atoms with Gasteiger partial charge in [-0.3, -0.25) is 4.79 Å². The quantitative estimate of drug-likeness (QED) is 0.558. The van der Waals surface area contributed by atoms with Gasteiger partial charge in [-0.25, -0.2) is 14.5 Å². The number of hydrogen-bond acceptors (Lipinski definition) is 6. The van der Waals surface area contributed by atoms with Crippen molar-refractivity contribution >= 4 is 11.6 Å². The first-order valence-electron chi connectivity index (χ1n) is 7.60. The van der Waals surface area contributed by atoms with Crippen LogP contribution in [-0.4, -0.2) is 38.9 Å². The van der Waals surface area contributed by atoms with Crippen molar-refractivity contribution in [1.29, 1.82) is 0 Å². The van der Waals surface area contributed by atoms with Gasteiger partial charge < -0.3 is 4.74 Å². The Morgan fingerprint density at radius 2 is 1.92 bits per heavy atom. The van der Waals surface area contributed by atoms with Gasteiger partial charge in [0.25, 0.3) is 5.91 Å². The van der Waals surface area contributed by atoms with E-state index in [4.69, 9.17) is 4.74 Å². The second-order valence-corrected chi connectivity index (χ2v) is 5.29. The number of halogens is 1. The topological polar surface area (TPSA) is 94.3 Å². The summed E-state index contributed by atoms with van der Waals surface area (Å²) in [5, 5.41) is 14.9. The molecule has 0 bridgehead atoms. The average molecular weight is 354 g/mol. The number of tetrazole rings is 1. The third-order valence-electron chi connectivity index (χ3n) is 3.64. The van der Waals surface area contributed by atoms with Gasteiger partial charge in [0.15, 0.2) is 11.6 Å². The minimum atomic E-state index is -0.496. The fourth-order valence-electron chi connectivity index (χ4n) is 2.20. The van der Waals surface area contributed by atoms with E-state index in [0.717, 1.165) is 5.69 Å². The van der Waals surface area contributed by atoms with Crippen molar-refractivity contribution in [1.82, 2.24) is 25.6 Å². The van der Waals surface area contributed by atoms with Crippen molar-refractivity contribution in [3.05, 3.63) is 65.7 Å². The van der Waals surface area contributed by atoms with Gasteiger partial charge in [-0.1, -0.05) is 0 Å². The number of amides is 1. The lowest BCUT2D eigenvalue weighted by molar-refractivity contribution is 0.0955. The van der Waals surface area contributed by atoms with E-state index in [1.165, 1.54) is 30.3 Å². The molecule has 0 radical (unpaired) electrons. The predicted molar refractivity (Wildman–Crippen MR) is 91.8 cm³/mol. The maximum atomic E-state index is 13.7. The summed E-state index contributed by atoms with van der Waals surface area (Å²) in [6.07, 6.45) is 1.46. The summed E-state index contributed by atoms with van der Waals surface area (Å²) in [6.45, 7) is 1.67. The maximum absolute atomic E-state index is 13.7. The van der Waals surface area contributed by atoms with Crippen LogP contribution in [0, 0.1) is 5.82 Å². The van der Waals surface area contributed by atoms with E-state index in [2.05, 4.69) is 26.1 Å². The van der Waals surface area contributed by atoms with Crippen molar-refractivity contribution in [3.8, 4) is 11.4 Å². The number of carbonyl (C=O) groups is 1. The fraction of sp³-hybridized carbons (Fsp3) is 0.118. The Morgan fingerprint density at radius 1 is 1.19 bits per heavy atom. The molecule has 0 saturated carbocycles. The number of nitrogens with one attached hydrogen (secondary N) is 1. The lowest BCUT2D eigenvalue weighted by Crippen LogP contribution is -2.19. The van der Waals surface area contributed by atoms with Gasteiger partial charge in [-0.05, 0) is 59.8 Å². The van der Waals surface area contributed by atoms with Gasteiger partial charge in [0.1, 0.15) is 6.33 Å². The van der Waals surface area contributed by atoms with Crippen molar-refractivity contribution in [3.63, 3.8) is 0 Å². The Labute approximate surface area is 148 Å². The SMILES string of the molecule is COc1ccc(/C(C)=N\NC(=O)c2ccc(-n3cnnn3)cc2)cc1F. The summed E-state index contributed by atoms with van der Waals surface area (Å²) in [5.74, 6) is -0.737. The van der Waals surface area contributed by atoms with Crippen LogP contribution in [-0.2, 0) is 0 Å². The van der Waals surface area contributed by atoms with Gasteiger partial charge in [0.05, 0.1) is 18.5 Å². The van der Waals surface area contributed by atoms with E-state index in [1.807, 2.05) is 0 Å². The van der Waals surface area contributed by atoms with E-state index in [-0.39, 0.29) is 11.7 Å². The molecule has 0 fully saturated rings. The number of ether oxygens (including phenoxy) is 1. The van der Waals surface area contributed by atoms with Crippen LogP contribution in [0.15, 0.2) is 53.9 Å². The smallest absolute Gasteiger partial charge is 0.271 e. The van der Waals surface area contributed by atoms with Crippen LogP contribution in [0.2, 0.25) is 0 Å². The first kappa shape index (κ1) is 17.2. The van der Waals surface area contributed by atoms with Gasteiger partial charge >= 0.3 is 0 Å². The third kappa shape index (κ3) is 3.72. The van der Waals surface area contributed by atoms with Gasteiger partial charge in [-0.15, -0.1) is 5.10 Å². The number of methoxy groups -OCH3 is 1. The molecule has 132 valence electrons. The number of hydrazone groups is 1. The number of benzene rings is 2. The first-order chi connectivity index (χ1) is 12.6. The van der Waals surface area contributed by atoms with Crippen molar-refractivity contribution in [2.24, 2.45) is 5.10 Å². The predicted octanol–water partition coefficient (Wildman–Crippen LogP) is 1.96. The van der Waals surface area contributed by atoms with Crippen LogP contribution in [0.4, 0.5) is 4.39 Å². The Morgan fingerprint density at radius 3 is 2.54 bits per heavy atom. The number of carbonyl (C=O) groups excluding carboxylic acids is 1. The molecule has 0 unspecified atom stereocenters. The monoisotopic (exact) mass is 354 g/mol. The van der Waals surface area contributed by atoms with Crippen molar-refractivity contribution in [2.45, 2.75) is 6.92 Å². The fourth-order valence-corrected chi connectivity index (χ4v) is 2.20. The van der Waals surface area contributed by atoms with E-state index in [9.17, 15) is 9.18 Å². The van der Waals surface area contributed by atoms with Crippen LogP contribution in [0.1, 0.15) is 22.8 Å². The van der Waals surface area contributed by atoms with Crippen LogP contribution < -0.4 is 10.2 Å². The molecule has 1 heterocycles. The van der Waals surface area contributed by atoms with E-state index in [0.29, 0.717) is 16.8 Å². The number of aromatic nitrogens is 4. The van der Waals surface area contributed by atoms with Crippen LogP contribution >= 0.6 is 0 Å². The Hall–Kier alpha value is -3.62. The number of rotatable bonds is 5. The highest BCUT2D eigenvalue weighted by Gasteiger charge is 2.08. The molecular formula is C17H15FN6O2. The van der Waals surface area contributed by atoms with Crippen molar-refractivity contribution < 1.29 is 13.9 Å². The zero-order valence-electron chi connectivity index (χ0n) is 14.0. The molecule has 1 aromatic heterocycles. The first-order valence-corrected chi connectivity index (χ1v) is 7.60. The zero-order valence-corrected chi connectivity index (χ0v) is 14.0. The molecule has 1 amide bonds. The molecular weight excluding hydrogens is 339 g/mol. The summed E-state index contributed by atoms with van der Waals surface area (Å²) >= 11 is 0. The molecule has 26 heavy (non-hydrogen) atoms. The Kier molecular flexibility index (Phi) is 4.97. The summed E-state index contributed by atoms with van der Waals surface area (Å²) in [4.78, 5) is 12.2. The largest absolute Gasteiger partial charge is 0.494 e. The number of hydrogen-bond donors (Lipinski definition) is 1. The molecule has 0 saturated heterocycles. The normalized spacial score (nSPS) is 11.3. The molecule has 9 heteroatoms. The van der Waals surface area contributed by atoms with Gasteiger partial charge in [0, 0.05) is 11.1 Å². The van der Waals surface area contributed by atoms with E-state index in [1.54, 1.807) is 37.3 Å². The molecule has 3 aromatic rings. The summed E-state index contributed by atoms with van der Waals surface area (Å²) < 4.78 is 20.1. The number of nitrogens with zero attached hydrogens (tertiary/aromatic N) is 5. The molecule has 3 rings (SSSR count). The minimum absolute atomic E-state index is 0.147. The highest BCUT2D eigenvalue weighted by Crippen LogP contribution is 2.18. The van der Waals surface area contributed by atoms with Crippen LogP contribution in [0.3, 0.4) is 0 Å². The average Bonchev–Trinajstić information content (AvgIpc) is 3.20. The molecule has 2 aromatic carbocycles. The summed E-state index contributed by atoms with van der Waals surface area (Å²) in [5.41, 5.74) is 4.59. The Balaban J connectivity index is 1.69. The highest BCUT2D eigenvalue weighted by atomic mass is 19.1. The van der Waals surface area contributed by atoms with E-state index < -0.39 is 5.82 Å². The molecule has 8 nitrogen and oxygen atoms in total. The molecule has 0 aliphatic rings. The second kappa shape index (κ2) is 7.51. The standard InChI is InChI=1S/C17H15FN6O2/c1-11(13-5-8-16(26-2)15(18)9-13)20-21-17(25)12-3-6-14(7-4-12)24-10-19-22-23-24/h3-10H,1-2H3,(H,21,25)/b20-11-. The van der Waals surface area contributed by atoms with Gasteiger partial charge in [0.2, 0.25) is 0 Å². The Bertz CT molecular complexity index is 938. The van der Waals surface area contributed by atoms with Crippen molar-refractivity contribution in [2.75, 3.05) is 7.11 Å². The summed E-state index contributed by atoms with van der Waals surface area (Å²) in [7, 11) is 1.39. The lowest BCUT2D eigenvalue weighted by atomic mass is 10.1. The third-order valence-corrected chi connectivity index (χ3v) is 3.64. The molecule has 0 aliphatic carbocycles. The van der Waals surface area contributed by atoms with Gasteiger partial charge in [-0.2, -0.15) is 5.10 Å². The second-order valence-electron chi connectivity index (χ2n) is 5.29. The molecule has 0 aliphatic heterocycles. The maximum Gasteiger partial charge on any atom is 0.271 e. The van der Waals surface area contributed by atoms with Crippen LogP contribution in [0.25, 0.3) is 5.69 Å². The van der Waals surface area contributed by atoms with Crippen LogP contribution in [0.5, 0.6) is 5.75 Å².